The van der Waals surface area contributed by atoms with Crippen molar-refractivity contribution < 1.29 is 14.8 Å². The smallest absolute Gasteiger partial charge is 0.288 e. The number of amides is 1. The zero-order chi connectivity index (χ0) is 16.2. The summed E-state index contributed by atoms with van der Waals surface area (Å²) in [5.74, 6) is -0.434. The molecule has 0 fully saturated rings. The Morgan fingerprint density at radius 1 is 1.48 bits per heavy atom. The van der Waals surface area contributed by atoms with Crippen molar-refractivity contribution in [2.75, 3.05) is 6.54 Å². The molecule has 0 saturated heterocycles. The lowest BCUT2D eigenvalue weighted by Gasteiger charge is -2.25. The van der Waals surface area contributed by atoms with E-state index in [1.807, 2.05) is 20.8 Å². The van der Waals surface area contributed by atoms with Gasteiger partial charge in [0.1, 0.15) is 5.02 Å². The normalized spacial score (nSPS) is 12.8. The third-order valence-electron chi connectivity index (χ3n) is 3.11. The third-order valence-corrected chi connectivity index (χ3v) is 3.43. The molecule has 1 atom stereocenters. The summed E-state index contributed by atoms with van der Waals surface area (Å²) >= 11 is 5.69. The Bertz CT molecular complexity index is 540. The predicted molar refractivity (Wildman–Crippen MR) is 80.5 cm³/mol. The average Bonchev–Trinajstić information content (AvgIpc) is 2.37. The standard InChI is InChI=1S/C14H19ClN2O4/c1-14(2,3)12(18)6-7-16-13(19)9-4-5-10(15)11(8-9)17(20)21/h4-5,8,12,18H,6-7H2,1-3H3,(H,16,19). The first-order chi connectivity index (χ1) is 9.62. The highest BCUT2D eigenvalue weighted by molar-refractivity contribution is 6.32. The Morgan fingerprint density at radius 2 is 2.10 bits per heavy atom. The molecular weight excluding hydrogens is 296 g/mol. The van der Waals surface area contributed by atoms with Gasteiger partial charge in [0.15, 0.2) is 0 Å². The van der Waals surface area contributed by atoms with Crippen LogP contribution in [-0.2, 0) is 0 Å². The topological polar surface area (TPSA) is 92.5 Å². The van der Waals surface area contributed by atoms with Crippen LogP contribution in [-0.4, -0.2) is 28.6 Å². The summed E-state index contributed by atoms with van der Waals surface area (Å²) in [4.78, 5) is 22.0. The molecule has 116 valence electrons. The van der Waals surface area contributed by atoms with E-state index in [0.717, 1.165) is 6.07 Å². The first-order valence-electron chi connectivity index (χ1n) is 6.53. The van der Waals surface area contributed by atoms with E-state index in [1.165, 1.54) is 12.1 Å². The van der Waals surface area contributed by atoms with Crippen molar-refractivity contribution in [3.63, 3.8) is 0 Å². The minimum atomic E-state index is -0.636. The minimum absolute atomic E-state index is 0.0142. The van der Waals surface area contributed by atoms with Gasteiger partial charge in [0.2, 0.25) is 0 Å². The van der Waals surface area contributed by atoms with E-state index in [-0.39, 0.29) is 28.2 Å². The zero-order valence-electron chi connectivity index (χ0n) is 12.2. The summed E-state index contributed by atoms with van der Waals surface area (Å²) in [6, 6.07) is 3.88. The summed E-state index contributed by atoms with van der Waals surface area (Å²) in [6.45, 7) is 6.00. The van der Waals surface area contributed by atoms with E-state index in [0.29, 0.717) is 6.42 Å². The van der Waals surface area contributed by atoms with Crippen LogP contribution in [0.1, 0.15) is 37.6 Å². The molecule has 0 spiro atoms. The fourth-order valence-corrected chi connectivity index (χ4v) is 1.84. The van der Waals surface area contributed by atoms with E-state index in [1.54, 1.807) is 0 Å². The molecule has 21 heavy (non-hydrogen) atoms. The number of nitrogens with zero attached hydrogens (tertiary/aromatic N) is 1. The molecule has 0 aliphatic heterocycles. The highest BCUT2D eigenvalue weighted by Crippen LogP contribution is 2.25. The van der Waals surface area contributed by atoms with Gasteiger partial charge in [-0.05, 0) is 24.0 Å². The van der Waals surface area contributed by atoms with E-state index in [9.17, 15) is 20.0 Å². The fraction of sp³-hybridized carbons (Fsp3) is 0.500. The van der Waals surface area contributed by atoms with Gasteiger partial charge in [0.25, 0.3) is 11.6 Å². The van der Waals surface area contributed by atoms with Gasteiger partial charge in [-0.2, -0.15) is 0 Å². The number of rotatable bonds is 5. The summed E-state index contributed by atoms with van der Waals surface area (Å²) in [5, 5.41) is 23.2. The molecule has 0 heterocycles. The van der Waals surface area contributed by atoms with Crippen molar-refractivity contribution in [2.45, 2.75) is 33.3 Å². The van der Waals surface area contributed by atoms with Crippen molar-refractivity contribution in [1.82, 2.24) is 5.32 Å². The molecule has 1 aromatic rings. The number of hydrogen-bond donors (Lipinski definition) is 2. The molecule has 0 aromatic heterocycles. The Labute approximate surface area is 128 Å². The largest absolute Gasteiger partial charge is 0.393 e. The average molecular weight is 315 g/mol. The second kappa shape index (κ2) is 6.87. The lowest BCUT2D eigenvalue weighted by Crippen LogP contribution is -2.32. The van der Waals surface area contributed by atoms with Crippen molar-refractivity contribution in [3.05, 3.63) is 38.9 Å². The van der Waals surface area contributed by atoms with Gasteiger partial charge in [-0.3, -0.25) is 14.9 Å². The molecule has 0 radical (unpaired) electrons. The first kappa shape index (κ1) is 17.4. The number of nitrogens with one attached hydrogen (secondary N) is 1. The molecule has 6 nitrogen and oxygen atoms in total. The van der Waals surface area contributed by atoms with E-state index < -0.39 is 16.9 Å². The summed E-state index contributed by atoms with van der Waals surface area (Å²) in [6.07, 6.45) is -0.136. The Morgan fingerprint density at radius 3 is 2.62 bits per heavy atom. The van der Waals surface area contributed by atoms with Crippen LogP contribution in [0.4, 0.5) is 5.69 Å². The number of carbonyl (C=O) groups excluding carboxylic acids is 1. The number of carbonyl (C=O) groups is 1. The molecule has 1 rings (SSSR count). The number of nitro groups is 1. The molecule has 1 amide bonds. The summed E-state index contributed by atoms with van der Waals surface area (Å²) in [7, 11) is 0. The Hall–Kier alpha value is -1.66. The molecule has 0 aliphatic carbocycles. The monoisotopic (exact) mass is 314 g/mol. The van der Waals surface area contributed by atoms with Gasteiger partial charge in [0, 0.05) is 18.2 Å². The quantitative estimate of drug-likeness (QED) is 0.645. The lowest BCUT2D eigenvalue weighted by molar-refractivity contribution is -0.384. The Balaban J connectivity index is 2.65. The predicted octanol–water partition coefficient (Wildman–Crippen LogP) is 2.78. The van der Waals surface area contributed by atoms with Gasteiger partial charge in [-0.15, -0.1) is 0 Å². The maximum absolute atomic E-state index is 11.9. The molecule has 7 heteroatoms. The molecule has 0 saturated carbocycles. The second-order valence-corrected chi connectivity index (χ2v) is 6.26. The number of nitro benzene ring substituents is 1. The van der Waals surface area contributed by atoms with Crippen LogP contribution in [0, 0.1) is 15.5 Å². The number of benzene rings is 1. The third kappa shape index (κ3) is 4.99. The van der Waals surface area contributed by atoms with E-state index >= 15 is 0 Å². The van der Waals surface area contributed by atoms with Crippen LogP contribution >= 0.6 is 11.6 Å². The Kier molecular flexibility index (Phi) is 5.69. The van der Waals surface area contributed by atoms with Crippen LogP contribution in [0.2, 0.25) is 5.02 Å². The number of hydrogen-bond acceptors (Lipinski definition) is 4. The number of aliphatic hydroxyl groups excluding tert-OH is 1. The molecule has 2 N–H and O–H groups in total. The maximum Gasteiger partial charge on any atom is 0.288 e. The maximum atomic E-state index is 11.9. The minimum Gasteiger partial charge on any atom is -0.393 e. The first-order valence-corrected chi connectivity index (χ1v) is 6.91. The van der Waals surface area contributed by atoms with Crippen molar-refractivity contribution in [2.24, 2.45) is 5.41 Å². The summed E-state index contributed by atoms with van der Waals surface area (Å²) in [5.41, 5.74) is -0.403. The van der Waals surface area contributed by atoms with Gasteiger partial charge >= 0.3 is 0 Å². The van der Waals surface area contributed by atoms with Crippen LogP contribution in [0.3, 0.4) is 0 Å². The molecule has 1 aromatic carbocycles. The second-order valence-electron chi connectivity index (χ2n) is 5.85. The van der Waals surface area contributed by atoms with Crippen LogP contribution < -0.4 is 5.32 Å². The highest BCUT2D eigenvalue weighted by Gasteiger charge is 2.22. The molecule has 0 bridgehead atoms. The van der Waals surface area contributed by atoms with Gasteiger partial charge in [0.05, 0.1) is 11.0 Å². The van der Waals surface area contributed by atoms with Gasteiger partial charge < -0.3 is 10.4 Å². The van der Waals surface area contributed by atoms with E-state index in [4.69, 9.17) is 11.6 Å². The van der Waals surface area contributed by atoms with Crippen LogP contribution in [0.15, 0.2) is 18.2 Å². The van der Waals surface area contributed by atoms with Crippen LogP contribution in [0.25, 0.3) is 0 Å². The molecular formula is C14H19ClN2O4. The summed E-state index contributed by atoms with van der Waals surface area (Å²) < 4.78 is 0. The molecule has 0 aliphatic rings. The van der Waals surface area contributed by atoms with Crippen molar-refractivity contribution in [1.29, 1.82) is 0 Å². The van der Waals surface area contributed by atoms with Crippen molar-refractivity contribution >= 4 is 23.2 Å². The highest BCUT2D eigenvalue weighted by atomic mass is 35.5. The SMILES string of the molecule is CC(C)(C)C(O)CCNC(=O)c1ccc(Cl)c([N+](=O)[O-])c1. The van der Waals surface area contributed by atoms with Gasteiger partial charge in [-0.25, -0.2) is 0 Å². The lowest BCUT2D eigenvalue weighted by atomic mass is 9.87. The zero-order valence-corrected chi connectivity index (χ0v) is 13.0. The number of aliphatic hydroxyl groups is 1. The molecule has 1 unspecified atom stereocenters. The van der Waals surface area contributed by atoms with Crippen molar-refractivity contribution in [3.8, 4) is 0 Å². The van der Waals surface area contributed by atoms with Crippen LogP contribution in [0.5, 0.6) is 0 Å². The van der Waals surface area contributed by atoms with E-state index in [2.05, 4.69) is 5.32 Å². The number of halogens is 1. The van der Waals surface area contributed by atoms with Gasteiger partial charge in [-0.1, -0.05) is 32.4 Å². The fourth-order valence-electron chi connectivity index (χ4n) is 1.65.